The lowest BCUT2D eigenvalue weighted by molar-refractivity contribution is -0.146. The summed E-state index contributed by atoms with van der Waals surface area (Å²) in [5, 5.41) is 2.45. The highest BCUT2D eigenvalue weighted by atomic mass is 16.5. The first-order valence-electron chi connectivity index (χ1n) is 7.46. The van der Waals surface area contributed by atoms with Crippen molar-refractivity contribution in [2.24, 2.45) is 11.8 Å². The van der Waals surface area contributed by atoms with Crippen molar-refractivity contribution in [1.29, 1.82) is 0 Å². The van der Waals surface area contributed by atoms with Gasteiger partial charge in [-0.1, -0.05) is 19.1 Å². The van der Waals surface area contributed by atoms with Crippen molar-refractivity contribution in [3.8, 4) is 0 Å². The van der Waals surface area contributed by atoms with E-state index in [0.717, 1.165) is 17.7 Å². The molecule has 1 N–H and O–H groups in total. The maximum absolute atomic E-state index is 11.7. The molecular weight excluding hydrogens is 272 g/mol. The molecule has 1 saturated heterocycles. The SMILES string of the molecule is C[C@@H]1CC=CC[C@H]1COC(=O)CCCN1C(=O)CNC1=O. The van der Waals surface area contributed by atoms with Crippen molar-refractivity contribution in [2.45, 2.75) is 32.6 Å². The Morgan fingerprint density at radius 3 is 2.81 bits per heavy atom. The monoisotopic (exact) mass is 294 g/mol. The smallest absolute Gasteiger partial charge is 0.324 e. The van der Waals surface area contributed by atoms with Crippen LogP contribution in [-0.2, 0) is 14.3 Å². The topological polar surface area (TPSA) is 75.7 Å². The van der Waals surface area contributed by atoms with Gasteiger partial charge in [-0.15, -0.1) is 0 Å². The number of rotatable bonds is 6. The van der Waals surface area contributed by atoms with Gasteiger partial charge in [-0.3, -0.25) is 14.5 Å². The third kappa shape index (κ3) is 4.31. The summed E-state index contributed by atoms with van der Waals surface area (Å²) in [5.74, 6) is 0.429. The second kappa shape index (κ2) is 7.24. The summed E-state index contributed by atoms with van der Waals surface area (Å²) in [7, 11) is 0. The van der Waals surface area contributed by atoms with Gasteiger partial charge in [-0.2, -0.15) is 0 Å². The number of imide groups is 1. The minimum atomic E-state index is -0.379. The van der Waals surface area contributed by atoms with Crippen LogP contribution in [0, 0.1) is 11.8 Å². The lowest BCUT2D eigenvalue weighted by atomic mass is 9.85. The molecule has 21 heavy (non-hydrogen) atoms. The van der Waals surface area contributed by atoms with E-state index in [1.54, 1.807) is 0 Å². The maximum Gasteiger partial charge on any atom is 0.324 e. The molecule has 0 radical (unpaired) electrons. The van der Waals surface area contributed by atoms with Crippen LogP contribution in [0.4, 0.5) is 4.79 Å². The second-order valence-corrected chi connectivity index (χ2v) is 5.67. The average molecular weight is 294 g/mol. The zero-order valence-corrected chi connectivity index (χ0v) is 12.3. The summed E-state index contributed by atoms with van der Waals surface area (Å²) in [6, 6.07) is -0.379. The molecule has 1 aliphatic heterocycles. The first-order valence-corrected chi connectivity index (χ1v) is 7.46. The molecule has 0 aromatic carbocycles. The summed E-state index contributed by atoms with van der Waals surface area (Å²) >= 11 is 0. The Morgan fingerprint density at radius 2 is 2.14 bits per heavy atom. The van der Waals surface area contributed by atoms with Crippen molar-refractivity contribution >= 4 is 17.9 Å². The Labute approximate surface area is 124 Å². The minimum Gasteiger partial charge on any atom is -0.465 e. The van der Waals surface area contributed by atoms with E-state index < -0.39 is 0 Å². The molecule has 6 nitrogen and oxygen atoms in total. The quantitative estimate of drug-likeness (QED) is 0.457. The molecule has 1 heterocycles. The number of hydrogen-bond acceptors (Lipinski definition) is 4. The van der Waals surface area contributed by atoms with Crippen LogP contribution in [0.5, 0.6) is 0 Å². The van der Waals surface area contributed by atoms with Gasteiger partial charge in [0.05, 0.1) is 13.2 Å². The van der Waals surface area contributed by atoms with Gasteiger partial charge in [0.15, 0.2) is 0 Å². The van der Waals surface area contributed by atoms with Crippen LogP contribution in [-0.4, -0.2) is 42.5 Å². The normalized spacial score (nSPS) is 25.1. The number of amides is 3. The van der Waals surface area contributed by atoms with E-state index in [4.69, 9.17) is 4.74 Å². The van der Waals surface area contributed by atoms with E-state index in [1.807, 2.05) is 0 Å². The second-order valence-electron chi connectivity index (χ2n) is 5.67. The first-order chi connectivity index (χ1) is 10.1. The lowest BCUT2D eigenvalue weighted by Crippen LogP contribution is -2.32. The van der Waals surface area contributed by atoms with Gasteiger partial charge in [0.2, 0.25) is 5.91 Å². The first kappa shape index (κ1) is 15.5. The molecule has 0 aromatic heterocycles. The number of hydrogen-bond donors (Lipinski definition) is 1. The molecule has 116 valence electrons. The Balaban J connectivity index is 1.62. The van der Waals surface area contributed by atoms with Crippen LogP contribution in [0.25, 0.3) is 0 Å². The van der Waals surface area contributed by atoms with Crippen LogP contribution in [0.15, 0.2) is 12.2 Å². The Hall–Kier alpha value is -1.85. The van der Waals surface area contributed by atoms with Crippen LogP contribution < -0.4 is 5.32 Å². The van der Waals surface area contributed by atoms with Gasteiger partial charge in [0.1, 0.15) is 0 Å². The van der Waals surface area contributed by atoms with Crippen LogP contribution in [0.1, 0.15) is 32.6 Å². The fourth-order valence-corrected chi connectivity index (χ4v) is 2.57. The molecule has 2 atom stereocenters. The zero-order chi connectivity index (χ0) is 15.2. The van der Waals surface area contributed by atoms with Crippen molar-refractivity contribution < 1.29 is 19.1 Å². The molecule has 0 aromatic rings. The zero-order valence-electron chi connectivity index (χ0n) is 12.3. The van der Waals surface area contributed by atoms with Crippen LogP contribution >= 0.6 is 0 Å². The number of nitrogens with zero attached hydrogens (tertiary/aromatic N) is 1. The van der Waals surface area contributed by atoms with Crippen LogP contribution in [0.2, 0.25) is 0 Å². The molecule has 0 spiro atoms. The summed E-state index contributed by atoms with van der Waals surface area (Å²) in [4.78, 5) is 35.5. The Kier molecular flexibility index (Phi) is 5.36. The molecule has 0 saturated carbocycles. The third-order valence-corrected chi connectivity index (χ3v) is 4.08. The molecule has 0 bridgehead atoms. The van der Waals surface area contributed by atoms with Gasteiger partial charge in [0.25, 0.3) is 0 Å². The van der Waals surface area contributed by atoms with Gasteiger partial charge >= 0.3 is 12.0 Å². The number of urea groups is 1. The molecule has 2 rings (SSSR count). The molecule has 1 fully saturated rings. The molecule has 0 unspecified atom stereocenters. The number of nitrogens with one attached hydrogen (secondary N) is 1. The predicted octanol–water partition coefficient (Wildman–Crippen LogP) is 1.46. The fraction of sp³-hybridized carbons (Fsp3) is 0.667. The standard InChI is InChI=1S/C15H22N2O4/c1-11-5-2-3-6-12(11)10-21-14(19)7-4-8-17-13(18)9-16-15(17)20/h2-3,11-12H,4-10H2,1H3,(H,16,20)/t11-,12+/m1/s1. The largest absolute Gasteiger partial charge is 0.465 e. The fourth-order valence-electron chi connectivity index (χ4n) is 2.57. The number of carbonyl (C=O) groups excluding carboxylic acids is 3. The lowest BCUT2D eigenvalue weighted by Gasteiger charge is -2.24. The Morgan fingerprint density at radius 1 is 1.38 bits per heavy atom. The van der Waals surface area contributed by atoms with Gasteiger partial charge in [-0.05, 0) is 31.1 Å². The number of ether oxygens (including phenoxy) is 1. The number of carbonyl (C=O) groups is 3. The summed E-state index contributed by atoms with van der Waals surface area (Å²) in [6.07, 6.45) is 6.97. The predicted molar refractivity (Wildman–Crippen MR) is 76.3 cm³/mol. The van der Waals surface area contributed by atoms with E-state index in [1.165, 1.54) is 0 Å². The highest BCUT2D eigenvalue weighted by molar-refractivity contribution is 6.01. The van der Waals surface area contributed by atoms with Crippen molar-refractivity contribution in [1.82, 2.24) is 10.2 Å². The van der Waals surface area contributed by atoms with Gasteiger partial charge in [0, 0.05) is 13.0 Å². The van der Waals surface area contributed by atoms with Crippen molar-refractivity contribution in [2.75, 3.05) is 19.7 Å². The van der Waals surface area contributed by atoms with Crippen LogP contribution in [0.3, 0.4) is 0 Å². The highest BCUT2D eigenvalue weighted by Gasteiger charge is 2.28. The maximum atomic E-state index is 11.7. The Bertz CT molecular complexity index is 431. The molecule has 3 amide bonds. The molecule has 1 aliphatic carbocycles. The van der Waals surface area contributed by atoms with Gasteiger partial charge < -0.3 is 10.1 Å². The third-order valence-electron chi connectivity index (χ3n) is 4.08. The average Bonchev–Trinajstić information content (AvgIpc) is 2.78. The van der Waals surface area contributed by atoms with E-state index in [0.29, 0.717) is 24.9 Å². The highest BCUT2D eigenvalue weighted by Crippen LogP contribution is 2.25. The van der Waals surface area contributed by atoms with Gasteiger partial charge in [-0.25, -0.2) is 4.79 Å². The van der Waals surface area contributed by atoms with E-state index in [2.05, 4.69) is 24.4 Å². The van der Waals surface area contributed by atoms with E-state index in [9.17, 15) is 14.4 Å². The summed E-state index contributed by atoms with van der Waals surface area (Å²) < 4.78 is 5.29. The molecule has 6 heteroatoms. The van der Waals surface area contributed by atoms with Crippen molar-refractivity contribution in [3.05, 3.63) is 12.2 Å². The summed E-state index contributed by atoms with van der Waals surface area (Å²) in [5.41, 5.74) is 0. The number of allylic oxidation sites excluding steroid dienone is 2. The summed E-state index contributed by atoms with van der Waals surface area (Å²) in [6.45, 7) is 2.94. The minimum absolute atomic E-state index is 0.0520. The van der Waals surface area contributed by atoms with E-state index >= 15 is 0 Å². The number of esters is 1. The van der Waals surface area contributed by atoms with E-state index in [-0.39, 0.29) is 37.4 Å². The molecular formula is C15H22N2O4. The molecule has 2 aliphatic rings. The van der Waals surface area contributed by atoms with Crippen molar-refractivity contribution in [3.63, 3.8) is 0 Å².